The predicted molar refractivity (Wildman–Crippen MR) is 84.6 cm³/mol. The SMILES string of the molecule is CCCc1ccc(OCC(C)(NC(C)C)C(=O)OC)cc1. The second kappa shape index (κ2) is 8.03. The fourth-order valence-corrected chi connectivity index (χ4v) is 2.29. The highest BCUT2D eigenvalue weighted by Crippen LogP contribution is 2.16. The Hall–Kier alpha value is -1.55. The number of aryl methyl sites for hydroxylation is 1. The van der Waals surface area contributed by atoms with Gasteiger partial charge in [0.1, 0.15) is 17.9 Å². The van der Waals surface area contributed by atoms with Crippen LogP contribution >= 0.6 is 0 Å². The van der Waals surface area contributed by atoms with E-state index in [4.69, 9.17) is 9.47 Å². The lowest BCUT2D eigenvalue weighted by Gasteiger charge is -2.30. The summed E-state index contributed by atoms with van der Waals surface area (Å²) in [6.45, 7) is 8.15. The summed E-state index contributed by atoms with van der Waals surface area (Å²) < 4.78 is 10.6. The Morgan fingerprint density at radius 1 is 1.29 bits per heavy atom. The number of benzene rings is 1. The van der Waals surface area contributed by atoms with Crippen LogP contribution in [-0.2, 0) is 16.0 Å². The molecule has 0 aliphatic rings. The van der Waals surface area contributed by atoms with Crippen molar-refractivity contribution in [2.75, 3.05) is 13.7 Å². The first-order valence-electron chi connectivity index (χ1n) is 7.49. The molecule has 0 radical (unpaired) electrons. The van der Waals surface area contributed by atoms with Gasteiger partial charge in [0, 0.05) is 6.04 Å². The van der Waals surface area contributed by atoms with E-state index in [0.717, 1.165) is 18.6 Å². The van der Waals surface area contributed by atoms with E-state index in [9.17, 15) is 4.79 Å². The Kier molecular flexibility index (Phi) is 6.69. The molecule has 0 aliphatic heterocycles. The number of esters is 1. The van der Waals surface area contributed by atoms with Crippen molar-refractivity contribution >= 4 is 5.97 Å². The Morgan fingerprint density at radius 2 is 1.90 bits per heavy atom. The summed E-state index contributed by atoms with van der Waals surface area (Å²) in [5.41, 5.74) is 0.436. The van der Waals surface area contributed by atoms with Crippen LogP contribution in [0.1, 0.15) is 39.7 Å². The van der Waals surface area contributed by atoms with Gasteiger partial charge >= 0.3 is 5.97 Å². The smallest absolute Gasteiger partial charge is 0.329 e. The van der Waals surface area contributed by atoms with Gasteiger partial charge in [0.05, 0.1) is 7.11 Å². The van der Waals surface area contributed by atoms with Crippen molar-refractivity contribution in [3.05, 3.63) is 29.8 Å². The van der Waals surface area contributed by atoms with E-state index in [0.29, 0.717) is 0 Å². The van der Waals surface area contributed by atoms with Crippen LogP contribution in [0.5, 0.6) is 5.75 Å². The highest BCUT2D eigenvalue weighted by molar-refractivity contribution is 5.80. The zero-order valence-corrected chi connectivity index (χ0v) is 13.7. The maximum Gasteiger partial charge on any atom is 0.329 e. The summed E-state index contributed by atoms with van der Waals surface area (Å²) in [7, 11) is 1.39. The van der Waals surface area contributed by atoms with Crippen molar-refractivity contribution in [3.8, 4) is 5.75 Å². The summed E-state index contributed by atoms with van der Waals surface area (Å²) >= 11 is 0. The molecule has 4 heteroatoms. The normalized spacial score (nSPS) is 13.8. The Bertz CT molecular complexity index is 442. The van der Waals surface area contributed by atoms with E-state index >= 15 is 0 Å². The highest BCUT2D eigenvalue weighted by Gasteiger charge is 2.35. The van der Waals surface area contributed by atoms with E-state index in [1.807, 2.05) is 26.0 Å². The Balaban J connectivity index is 2.70. The molecule has 0 spiro atoms. The number of hydrogen-bond donors (Lipinski definition) is 1. The van der Waals surface area contributed by atoms with Crippen molar-refractivity contribution in [3.63, 3.8) is 0 Å². The molecule has 0 amide bonds. The predicted octanol–water partition coefficient (Wildman–Crippen LogP) is 2.95. The summed E-state index contributed by atoms with van der Waals surface area (Å²) in [4.78, 5) is 12.0. The van der Waals surface area contributed by atoms with Crippen LogP contribution in [0.4, 0.5) is 0 Å². The summed E-state index contributed by atoms with van der Waals surface area (Å²) in [6.07, 6.45) is 2.19. The Morgan fingerprint density at radius 3 is 2.38 bits per heavy atom. The second-order valence-corrected chi connectivity index (χ2v) is 5.81. The Labute approximate surface area is 127 Å². The van der Waals surface area contributed by atoms with Crippen LogP contribution in [0.3, 0.4) is 0 Å². The minimum absolute atomic E-state index is 0.157. The minimum atomic E-state index is -0.856. The number of carbonyl (C=O) groups excluding carboxylic acids is 1. The van der Waals surface area contributed by atoms with Crippen molar-refractivity contribution in [1.82, 2.24) is 5.32 Å². The van der Waals surface area contributed by atoms with Crippen molar-refractivity contribution in [1.29, 1.82) is 0 Å². The van der Waals surface area contributed by atoms with Gasteiger partial charge in [-0.25, -0.2) is 4.79 Å². The highest BCUT2D eigenvalue weighted by atomic mass is 16.5. The maximum absolute atomic E-state index is 12.0. The molecule has 0 heterocycles. The molecular formula is C17H27NO3. The van der Waals surface area contributed by atoms with Crippen LogP contribution in [0, 0.1) is 0 Å². The molecular weight excluding hydrogens is 266 g/mol. The number of methoxy groups -OCH3 is 1. The average molecular weight is 293 g/mol. The zero-order valence-electron chi connectivity index (χ0n) is 13.7. The van der Waals surface area contributed by atoms with Gasteiger partial charge in [-0.1, -0.05) is 25.5 Å². The molecule has 1 unspecified atom stereocenters. The molecule has 0 bridgehead atoms. The van der Waals surface area contributed by atoms with Crippen molar-refractivity contribution < 1.29 is 14.3 Å². The van der Waals surface area contributed by atoms with E-state index in [-0.39, 0.29) is 18.6 Å². The van der Waals surface area contributed by atoms with Gasteiger partial charge in [0.2, 0.25) is 0 Å². The van der Waals surface area contributed by atoms with Gasteiger partial charge in [-0.15, -0.1) is 0 Å². The molecule has 1 N–H and O–H groups in total. The lowest BCUT2D eigenvalue weighted by molar-refractivity contribution is -0.149. The van der Waals surface area contributed by atoms with Gasteiger partial charge < -0.3 is 9.47 Å². The van der Waals surface area contributed by atoms with Crippen LogP contribution < -0.4 is 10.1 Å². The molecule has 1 aromatic carbocycles. The molecule has 0 fully saturated rings. The molecule has 1 rings (SSSR count). The zero-order chi connectivity index (χ0) is 15.9. The minimum Gasteiger partial charge on any atom is -0.491 e. The standard InChI is InChI=1S/C17H27NO3/c1-6-7-14-8-10-15(11-9-14)21-12-17(4,16(19)20-5)18-13(2)3/h8-11,13,18H,6-7,12H2,1-5H3. The number of hydrogen-bond acceptors (Lipinski definition) is 4. The monoisotopic (exact) mass is 293 g/mol. The maximum atomic E-state index is 12.0. The first-order valence-corrected chi connectivity index (χ1v) is 7.49. The number of nitrogens with one attached hydrogen (secondary N) is 1. The fourth-order valence-electron chi connectivity index (χ4n) is 2.29. The fraction of sp³-hybridized carbons (Fsp3) is 0.588. The molecule has 21 heavy (non-hydrogen) atoms. The topological polar surface area (TPSA) is 47.6 Å². The van der Waals surface area contributed by atoms with Crippen molar-refractivity contribution in [2.45, 2.75) is 52.1 Å². The van der Waals surface area contributed by atoms with Gasteiger partial charge in [0.15, 0.2) is 0 Å². The molecule has 118 valence electrons. The van der Waals surface area contributed by atoms with E-state index in [1.165, 1.54) is 12.7 Å². The summed E-state index contributed by atoms with van der Waals surface area (Å²) in [5.74, 6) is 0.439. The van der Waals surface area contributed by atoms with E-state index < -0.39 is 5.54 Å². The van der Waals surface area contributed by atoms with Crippen LogP contribution in [0.15, 0.2) is 24.3 Å². The van der Waals surface area contributed by atoms with Crippen molar-refractivity contribution in [2.24, 2.45) is 0 Å². The van der Waals surface area contributed by atoms with Crippen LogP contribution in [0.2, 0.25) is 0 Å². The molecule has 0 saturated carbocycles. The molecule has 0 saturated heterocycles. The third-order valence-electron chi connectivity index (χ3n) is 3.23. The largest absolute Gasteiger partial charge is 0.491 e. The van der Waals surface area contributed by atoms with Crippen LogP contribution in [0.25, 0.3) is 0 Å². The lowest BCUT2D eigenvalue weighted by Crippen LogP contribution is -2.56. The molecule has 0 aromatic heterocycles. The van der Waals surface area contributed by atoms with Gasteiger partial charge in [0.25, 0.3) is 0 Å². The third-order valence-corrected chi connectivity index (χ3v) is 3.23. The number of rotatable bonds is 8. The quantitative estimate of drug-likeness (QED) is 0.749. The first kappa shape index (κ1) is 17.5. The lowest BCUT2D eigenvalue weighted by atomic mass is 10.0. The van der Waals surface area contributed by atoms with E-state index in [1.54, 1.807) is 6.92 Å². The molecule has 1 atom stereocenters. The van der Waals surface area contributed by atoms with Gasteiger partial charge in [-0.05, 0) is 44.9 Å². The van der Waals surface area contributed by atoms with E-state index in [2.05, 4.69) is 24.4 Å². The summed E-state index contributed by atoms with van der Waals surface area (Å²) in [6, 6.07) is 8.16. The summed E-state index contributed by atoms with van der Waals surface area (Å²) in [5, 5.41) is 3.21. The second-order valence-electron chi connectivity index (χ2n) is 5.81. The third kappa shape index (κ3) is 5.38. The van der Waals surface area contributed by atoms with Crippen LogP contribution in [-0.4, -0.2) is 31.3 Å². The molecule has 4 nitrogen and oxygen atoms in total. The van der Waals surface area contributed by atoms with Gasteiger partial charge in [-0.2, -0.15) is 0 Å². The number of carbonyl (C=O) groups is 1. The number of ether oxygens (including phenoxy) is 2. The molecule has 0 aliphatic carbocycles. The van der Waals surface area contributed by atoms with Gasteiger partial charge in [-0.3, -0.25) is 5.32 Å². The first-order chi connectivity index (χ1) is 9.91. The average Bonchev–Trinajstić information content (AvgIpc) is 2.45. The molecule has 1 aromatic rings.